The molecule has 30 heavy (non-hydrogen) atoms. The zero-order valence-corrected chi connectivity index (χ0v) is 18.6. The van der Waals surface area contributed by atoms with Crippen LogP contribution in [0.2, 0.25) is 5.02 Å². The Bertz CT molecular complexity index is 1020. The van der Waals surface area contributed by atoms with Crippen LogP contribution in [0.1, 0.15) is 24.2 Å². The molecule has 1 saturated heterocycles. The number of carbonyl (C=O) groups excluding carboxylic acids is 1. The van der Waals surface area contributed by atoms with Gasteiger partial charge in [0.2, 0.25) is 0 Å². The van der Waals surface area contributed by atoms with Gasteiger partial charge >= 0.3 is 0 Å². The van der Waals surface area contributed by atoms with Crippen molar-refractivity contribution < 1.29 is 14.3 Å². The summed E-state index contributed by atoms with van der Waals surface area (Å²) in [6, 6.07) is 9.04. The van der Waals surface area contributed by atoms with E-state index in [2.05, 4.69) is 34.8 Å². The molecule has 0 radical (unpaired) electrons. The molecule has 1 atom stereocenters. The summed E-state index contributed by atoms with van der Waals surface area (Å²) in [5.74, 6) is 0.336. The van der Waals surface area contributed by atoms with E-state index in [9.17, 15) is 4.79 Å². The van der Waals surface area contributed by atoms with Crippen molar-refractivity contribution in [3.8, 4) is 17.0 Å². The minimum atomic E-state index is -0.255. The van der Waals surface area contributed by atoms with Gasteiger partial charge in [0, 0.05) is 40.5 Å². The topological polar surface area (TPSA) is 65.4 Å². The summed E-state index contributed by atoms with van der Waals surface area (Å²) in [5.41, 5.74) is 4.30. The first kappa shape index (κ1) is 20.9. The number of benzene rings is 1. The van der Waals surface area contributed by atoms with Gasteiger partial charge in [0.15, 0.2) is 11.7 Å². The van der Waals surface area contributed by atoms with Crippen LogP contribution < -0.4 is 10.1 Å². The number of aryl methyl sites for hydroxylation is 1. The van der Waals surface area contributed by atoms with Gasteiger partial charge in [-0.15, -0.1) is 11.3 Å². The molecule has 1 aliphatic rings. The number of hydrogen-bond acceptors (Lipinski definition) is 5. The highest BCUT2D eigenvalue weighted by atomic mass is 35.5. The molecule has 6 nitrogen and oxygen atoms in total. The number of ether oxygens (including phenoxy) is 2. The van der Waals surface area contributed by atoms with E-state index in [4.69, 9.17) is 21.1 Å². The monoisotopic (exact) mass is 445 g/mol. The van der Waals surface area contributed by atoms with Crippen molar-refractivity contribution in [2.75, 3.05) is 18.5 Å². The smallest absolute Gasteiger partial charge is 0.264 e. The molecule has 4 rings (SSSR count). The highest BCUT2D eigenvalue weighted by Crippen LogP contribution is 2.31. The fourth-order valence-electron chi connectivity index (χ4n) is 3.62. The molecule has 0 bridgehead atoms. The van der Waals surface area contributed by atoms with E-state index in [1.807, 2.05) is 5.38 Å². The molecule has 1 aliphatic heterocycles. The Balaban J connectivity index is 1.38. The Labute approximate surface area is 184 Å². The Morgan fingerprint density at radius 1 is 1.37 bits per heavy atom. The van der Waals surface area contributed by atoms with Crippen molar-refractivity contribution >= 4 is 34.0 Å². The van der Waals surface area contributed by atoms with Crippen LogP contribution in [0.3, 0.4) is 0 Å². The molecule has 8 heteroatoms. The van der Waals surface area contributed by atoms with Gasteiger partial charge in [-0.25, -0.2) is 4.98 Å². The van der Waals surface area contributed by atoms with E-state index in [0.29, 0.717) is 15.9 Å². The van der Waals surface area contributed by atoms with Crippen LogP contribution in [0, 0.1) is 13.8 Å². The fraction of sp³-hybridized carbons (Fsp3) is 0.364. The fourth-order valence-corrected chi connectivity index (χ4v) is 4.48. The standard InChI is InChI=1S/C22H24ClN3O3S/c1-14-10-19(15(2)26(14)11-18-4-3-9-28-18)20-13-30-22(24-20)25-21(27)12-29-17-7-5-16(23)6-8-17/h5-8,10,13,18H,3-4,9,11-12H2,1-2H3,(H,24,25,27)/t18-/m1/s1. The van der Waals surface area contributed by atoms with E-state index < -0.39 is 0 Å². The van der Waals surface area contributed by atoms with E-state index in [1.54, 1.807) is 24.3 Å². The van der Waals surface area contributed by atoms with Crippen LogP contribution in [0.25, 0.3) is 11.3 Å². The van der Waals surface area contributed by atoms with Crippen molar-refractivity contribution in [3.63, 3.8) is 0 Å². The second-order valence-electron chi connectivity index (χ2n) is 7.36. The van der Waals surface area contributed by atoms with Crippen LogP contribution in [-0.4, -0.2) is 34.8 Å². The van der Waals surface area contributed by atoms with E-state index in [1.165, 1.54) is 17.0 Å². The quantitative estimate of drug-likeness (QED) is 0.550. The van der Waals surface area contributed by atoms with E-state index in [0.717, 1.165) is 42.9 Å². The second kappa shape index (κ2) is 9.20. The van der Waals surface area contributed by atoms with Crippen LogP contribution in [-0.2, 0) is 16.1 Å². The molecule has 0 saturated carbocycles. The van der Waals surface area contributed by atoms with Crippen molar-refractivity contribution in [3.05, 3.63) is 52.1 Å². The number of nitrogens with one attached hydrogen (secondary N) is 1. The van der Waals surface area contributed by atoms with Crippen LogP contribution in [0.4, 0.5) is 5.13 Å². The number of rotatable bonds is 7. The Hall–Kier alpha value is -2.35. The van der Waals surface area contributed by atoms with Gasteiger partial charge in [-0.05, 0) is 57.0 Å². The summed E-state index contributed by atoms with van der Waals surface area (Å²) < 4.78 is 13.6. The lowest BCUT2D eigenvalue weighted by Gasteiger charge is -2.14. The Morgan fingerprint density at radius 2 is 2.17 bits per heavy atom. The summed E-state index contributed by atoms with van der Waals surface area (Å²) in [5, 5.41) is 5.95. The highest BCUT2D eigenvalue weighted by Gasteiger charge is 2.20. The van der Waals surface area contributed by atoms with Crippen molar-refractivity contribution in [1.82, 2.24) is 9.55 Å². The van der Waals surface area contributed by atoms with E-state index in [-0.39, 0.29) is 18.6 Å². The molecule has 158 valence electrons. The number of anilines is 1. The van der Waals surface area contributed by atoms with Gasteiger partial charge in [0.05, 0.1) is 11.8 Å². The van der Waals surface area contributed by atoms with Gasteiger partial charge in [0.25, 0.3) is 5.91 Å². The lowest BCUT2D eigenvalue weighted by Crippen LogP contribution is -2.20. The molecular formula is C22H24ClN3O3S. The molecule has 1 aromatic carbocycles. The normalized spacial score (nSPS) is 16.0. The predicted octanol–water partition coefficient (Wildman–Crippen LogP) is 5.08. The summed E-state index contributed by atoms with van der Waals surface area (Å²) >= 11 is 7.25. The van der Waals surface area contributed by atoms with Crippen molar-refractivity contribution in [1.29, 1.82) is 0 Å². The average molecular weight is 446 g/mol. The minimum absolute atomic E-state index is 0.0908. The maximum Gasteiger partial charge on any atom is 0.264 e. The van der Waals surface area contributed by atoms with Crippen molar-refractivity contribution in [2.24, 2.45) is 0 Å². The molecule has 0 unspecified atom stereocenters. The number of aromatic nitrogens is 2. The third kappa shape index (κ3) is 4.86. The second-order valence-corrected chi connectivity index (χ2v) is 8.65. The zero-order chi connectivity index (χ0) is 21.1. The van der Waals surface area contributed by atoms with Crippen LogP contribution in [0.5, 0.6) is 5.75 Å². The number of halogens is 1. The summed E-state index contributed by atoms with van der Waals surface area (Å²) in [4.78, 5) is 16.8. The van der Waals surface area contributed by atoms with E-state index >= 15 is 0 Å². The largest absolute Gasteiger partial charge is 0.484 e. The number of amides is 1. The summed E-state index contributed by atoms with van der Waals surface area (Å²) in [6.45, 7) is 5.84. The van der Waals surface area contributed by atoms with Gasteiger partial charge in [0.1, 0.15) is 5.75 Å². The lowest BCUT2D eigenvalue weighted by atomic mass is 10.2. The third-order valence-electron chi connectivity index (χ3n) is 5.19. The maximum absolute atomic E-state index is 12.2. The molecule has 1 N–H and O–H groups in total. The first-order valence-corrected chi connectivity index (χ1v) is 11.2. The van der Waals surface area contributed by atoms with Gasteiger partial charge in [-0.2, -0.15) is 0 Å². The minimum Gasteiger partial charge on any atom is -0.484 e. The first-order valence-electron chi connectivity index (χ1n) is 9.92. The molecule has 3 heterocycles. The number of hydrogen-bond donors (Lipinski definition) is 1. The molecule has 2 aromatic heterocycles. The first-order chi connectivity index (χ1) is 14.5. The summed E-state index contributed by atoms with van der Waals surface area (Å²) in [6.07, 6.45) is 2.53. The number of thiazole rings is 1. The summed E-state index contributed by atoms with van der Waals surface area (Å²) in [7, 11) is 0. The SMILES string of the molecule is Cc1cc(-c2csc(NC(=O)COc3ccc(Cl)cc3)n2)c(C)n1C[C@H]1CCCO1. The zero-order valence-electron chi connectivity index (χ0n) is 17.0. The Morgan fingerprint density at radius 3 is 2.90 bits per heavy atom. The van der Waals surface area contributed by atoms with Gasteiger partial charge < -0.3 is 14.0 Å². The molecule has 3 aromatic rings. The van der Waals surface area contributed by atoms with Crippen molar-refractivity contribution in [2.45, 2.75) is 39.3 Å². The van der Waals surface area contributed by atoms with Crippen LogP contribution in [0.15, 0.2) is 35.7 Å². The predicted molar refractivity (Wildman–Crippen MR) is 120 cm³/mol. The molecule has 0 spiro atoms. The van der Waals surface area contributed by atoms with Gasteiger partial charge in [-0.3, -0.25) is 10.1 Å². The average Bonchev–Trinajstić information content (AvgIpc) is 3.46. The molecular weight excluding hydrogens is 422 g/mol. The number of carbonyl (C=O) groups is 1. The van der Waals surface area contributed by atoms with Gasteiger partial charge in [-0.1, -0.05) is 11.6 Å². The molecule has 1 fully saturated rings. The highest BCUT2D eigenvalue weighted by molar-refractivity contribution is 7.14. The van der Waals surface area contributed by atoms with Crippen LogP contribution >= 0.6 is 22.9 Å². The lowest BCUT2D eigenvalue weighted by molar-refractivity contribution is -0.118. The molecule has 1 amide bonds. The molecule has 0 aliphatic carbocycles. The maximum atomic E-state index is 12.2. The third-order valence-corrected chi connectivity index (χ3v) is 6.20. The number of nitrogens with zero attached hydrogens (tertiary/aromatic N) is 2. The Kier molecular flexibility index (Phi) is 6.41.